The van der Waals surface area contributed by atoms with Gasteiger partial charge in [-0.1, -0.05) is 12.1 Å². The molecule has 166 valence electrons. The highest BCUT2D eigenvalue weighted by Gasteiger charge is 2.36. The number of nitrogens with one attached hydrogen (secondary N) is 1. The number of carbonyl (C=O) groups is 2. The van der Waals surface area contributed by atoms with E-state index in [9.17, 15) is 22.8 Å². The molecule has 0 unspecified atom stereocenters. The van der Waals surface area contributed by atoms with Gasteiger partial charge in [-0.3, -0.25) is 9.59 Å². The monoisotopic (exact) mass is 436 g/mol. The van der Waals surface area contributed by atoms with E-state index in [1.165, 1.54) is 37.3 Å². The van der Waals surface area contributed by atoms with E-state index in [1.54, 1.807) is 18.2 Å². The molecule has 31 heavy (non-hydrogen) atoms. The van der Waals surface area contributed by atoms with E-state index >= 15 is 0 Å². The first-order valence-electron chi connectivity index (χ1n) is 9.72. The van der Waals surface area contributed by atoms with Gasteiger partial charge in [0.05, 0.1) is 25.3 Å². The van der Waals surface area contributed by atoms with Crippen LogP contribution < -0.4 is 14.8 Å². The minimum absolute atomic E-state index is 0.202. The van der Waals surface area contributed by atoms with E-state index in [2.05, 4.69) is 5.32 Å². The summed E-state index contributed by atoms with van der Waals surface area (Å²) in [6.45, 7) is 0.495. The Balaban J connectivity index is 1.63. The van der Waals surface area contributed by atoms with Crippen LogP contribution in [-0.4, -0.2) is 50.1 Å². The van der Waals surface area contributed by atoms with Crippen molar-refractivity contribution in [1.82, 2.24) is 10.2 Å². The molecule has 0 aromatic heterocycles. The molecule has 2 aromatic rings. The maximum atomic E-state index is 13.2. The molecule has 0 spiro atoms. The van der Waals surface area contributed by atoms with Crippen LogP contribution in [0.25, 0.3) is 0 Å². The zero-order valence-electron chi connectivity index (χ0n) is 17.2. The summed E-state index contributed by atoms with van der Waals surface area (Å²) in [6.07, 6.45) is -3.73. The third-order valence-corrected chi connectivity index (χ3v) is 5.19. The summed E-state index contributed by atoms with van der Waals surface area (Å²) in [6, 6.07) is 9.39. The number of carbonyl (C=O) groups excluding carboxylic acids is 2. The molecule has 2 amide bonds. The second kappa shape index (κ2) is 9.28. The molecule has 0 aliphatic carbocycles. The number of ether oxygens (including phenoxy) is 2. The predicted molar refractivity (Wildman–Crippen MR) is 107 cm³/mol. The number of hydrogen-bond acceptors (Lipinski definition) is 4. The lowest BCUT2D eigenvalue weighted by Gasteiger charge is -2.33. The Morgan fingerprint density at radius 2 is 1.58 bits per heavy atom. The first-order chi connectivity index (χ1) is 14.7. The summed E-state index contributed by atoms with van der Waals surface area (Å²) in [5, 5.41) is 2.90. The summed E-state index contributed by atoms with van der Waals surface area (Å²) in [4.78, 5) is 26.7. The van der Waals surface area contributed by atoms with Crippen LogP contribution >= 0.6 is 0 Å². The van der Waals surface area contributed by atoms with Crippen molar-refractivity contribution in [3.8, 4) is 11.5 Å². The van der Waals surface area contributed by atoms with E-state index in [0.29, 0.717) is 29.9 Å². The Morgan fingerprint density at radius 3 is 2.13 bits per heavy atom. The molecule has 1 fully saturated rings. The highest BCUT2D eigenvalue weighted by atomic mass is 19.4. The number of amides is 2. The van der Waals surface area contributed by atoms with Gasteiger partial charge in [-0.25, -0.2) is 0 Å². The van der Waals surface area contributed by atoms with Crippen LogP contribution in [0.15, 0.2) is 42.5 Å². The highest BCUT2D eigenvalue weighted by Crippen LogP contribution is 2.32. The molecule has 1 N–H and O–H groups in total. The molecule has 9 heteroatoms. The fraction of sp³-hybridized carbons (Fsp3) is 0.364. The SMILES string of the molecule is COc1cc(OC)cc(C(=O)NC2CCN(C(=O)c3ccccc3C(F)(F)F)CC2)c1. The van der Waals surface area contributed by atoms with Crippen LogP contribution in [-0.2, 0) is 6.18 Å². The number of piperidine rings is 1. The second-order valence-electron chi connectivity index (χ2n) is 7.18. The molecule has 0 bridgehead atoms. The summed E-state index contributed by atoms with van der Waals surface area (Å²) in [5.74, 6) is -0.0129. The van der Waals surface area contributed by atoms with E-state index in [4.69, 9.17) is 9.47 Å². The standard InChI is InChI=1S/C22H23F3N2O4/c1-30-16-11-14(12-17(13-16)31-2)20(28)26-15-7-9-27(10-8-15)21(29)18-5-3-4-6-19(18)22(23,24)25/h3-6,11-13,15H,7-10H2,1-2H3,(H,26,28). The fourth-order valence-corrected chi connectivity index (χ4v) is 3.52. The summed E-state index contributed by atoms with van der Waals surface area (Å²) in [7, 11) is 2.97. The lowest BCUT2D eigenvalue weighted by molar-refractivity contribution is -0.138. The van der Waals surface area contributed by atoms with Crippen LogP contribution in [0.1, 0.15) is 39.1 Å². The van der Waals surface area contributed by atoms with Gasteiger partial charge in [0.1, 0.15) is 11.5 Å². The van der Waals surface area contributed by atoms with Crippen LogP contribution in [0, 0.1) is 0 Å². The number of hydrogen-bond donors (Lipinski definition) is 1. The van der Waals surface area contributed by atoms with Crippen molar-refractivity contribution in [2.45, 2.75) is 25.1 Å². The zero-order valence-corrected chi connectivity index (χ0v) is 17.2. The van der Waals surface area contributed by atoms with Gasteiger partial charge in [0, 0.05) is 30.8 Å². The molecule has 2 aromatic carbocycles. The van der Waals surface area contributed by atoms with Crippen molar-refractivity contribution >= 4 is 11.8 Å². The van der Waals surface area contributed by atoms with Gasteiger partial charge in [0.2, 0.25) is 0 Å². The number of alkyl halides is 3. The highest BCUT2D eigenvalue weighted by molar-refractivity contribution is 5.96. The molecule has 1 heterocycles. The number of methoxy groups -OCH3 is 2. The third-order valence-electron chi connectivity index (χ3n) is 5.19. The van der Waals surface area contributed by atoms with Crippen LogP contribution in [0.5, 0.6) is 11.5 Å². The molecule has 0 saturated carbocycles. The number of halogens is 3. The van der Waals surface area contributed by atoms with E-state index in [-0.39, 0.29) is 30.6 Å². The van der Waals surface area contributed by atoms with Crippen molar-refractivity contribution in [2.24, 2.45) is 0 Å². The minimum atomic E-state index is -4.60. The first-order valence-corrected chi connectivity index (χ1v) is 9.72. The zero-order chi connectivity index (χ0) is 22.6. The largest absolute Gasteiger partial charge is 0.497 e. The maximum Gasteiger partial charge on any atom is 0.417 e. The molecular formula is C22H23F3N2O4. The molecule has 1 aliphatic heterocycles. The quantitative estimate of drug-likeness (QED) is 0.775. The average molecular weight is 436 g/mol. The molecule has 0 atom stereocenters. The molecule has 1 aliphatic rings. The molecule has 0 radical (unpaired) electrons. The molecule has 1 saturated heterocycles. The fourth-order valence-electron chi connectivity index (χ4n) is 3.52. The van der Waals surface area contributed by atoms with Gasteiger partial charge >= 0.3 is 6.18 Å². The Labute approximate surface area is 177 Å². The average Bonchev–Trinajstić information content (AvgIpc) is 2.78. The predicted octanol–water partition coefficient (Wildman–Crippen LogP) is 3.76. The van der Waals surface area contributed by atoms with E-state index < -0.39 is 17.6 Å². The Kier molecular flexibility index (Phi) is 6.72. The third kappa shape index (κ3) is 5.28. The lowest BCUT2D eigenvalue weighted by Crippen LogP contribution is -2.46. The maximum absolute atomic E-state index is 13.2. The van der Waals surface area contributed by atoms with Crippen LogP contribution in [0.2, 0.25) is 0 Å². The van der Waals surface area contributed by atoms with Crippen molar-refractivity contribution in [2.75, 3.05) is 27.3 Å². The normalized spacial score (nSPS) is 14.8. The molecule has 3 rings (SSSR count). The number of nitrogens with zero attached hydrogens (tertiary/aromatic N) is 1. The van der Waals surface area contributed by atoms with Crippen molar-refractivity contribution in [3.05, 3.63) is 59.2 Å². The number of rotatable bonds is 5. The Morgan fingerprint density at radius 1 is 1.00 bits per heavy atom. The smallest absolute Gasteiger partial charge is 0.417 e. The van der Waals surface area contributed by atoms with E-state index in [1.807, 2.05) is 0 Å². The van der Waals surface area contributed by atoms with E-state index in [0.717, 1.165) is 6.07 Å². The number of benzene rings is 2. The van der Waals surface area contributed by atoms with Gasteiger partial charge < -0.3 is 19.7 Å². The van der Waals surface area contributed by atoms with Gasteiger partial charge in [0.25, 0.3) is 11.8 Å². The minimum Gasteiger partial charge on any atom is -0.497 e. The Bertz CT molecular complexity index is 932. The van der Waals surface area contributed by atoms with Crippen molar-refractivity contribution < 1.29 is 32.2 Å². The van der Waals surface area contributed by atoms with Gasteiger partial charge in [-0.05, 0) is 37.1 Å². The molecule has 6 nitrogen and oxygen atoms in total. The second-order valence-corrected chi connectivity index (χ2v) is 7.18. The van der Waals surface area contributed by atoms with Crippen LogP contribution in [0.3, 0.4) is 0 Å². The Hall–Kier alpha value is -3.23. The van der Waals surface area contributed by atoms with Gasteiger partial charge in [-0.2, -0.15) is 13.2 Å². The topological polar surface area (TPSA) is 67.9 Å². The van der Waals surface area contributed by atoms with Crippen molar-refractivity contribution in [1.29, 1.82) is 0 Å². The lowest BCUT2D eigenvalue weighted by atomic mass is 10.0. The van der Waals surface area contributed by atoms with Crippen LogP contribution in [0.4, 0.5) is 13.2 Å². The first kappa shape index (κ1) is 22.5. The summed E-state index contributed by atoms with van der Waals surface area (Å²) >= 11 is 0. The molecular weight excluding hydrogens is 413 g/mol. The summed E-state index contributed by atoms with van der Waals surface area (Å²) < 4.78 is 50.0. The van der Waals surface area contributed by atoms with Gasteiger partial charge in [-0.15, -0.1) is 0 Å². The van der Waals surface area contributed by atoms with Crippen molar-refractivity contribution in [3.63, 3.8) is 0 Å². The van der Waals surface area contributed by atoms with Gasteiger partial charge in [0.15, 0.2) is 0 Å². The summed E-state index contributed by atoms with van der Waals surface area (Å²) in [5.41, 5.74) is -0.933. The number of likely N-dealkylation sites (tertiary alicyclic amines) is 1.